The molecule has 0 unspecified atom stereocenters. The summed E-state index contributed by atoms with van der Waals surface area (Å²) >= 11 is 3.42. The molecule has 0 spiro atoms. The maximum Gasteiger partial charge on any atom is 0.226 e. The number of carbonyl (C=O) groups excluding carboxylic acids is 1. The lowest BCUT2D eigenvalue weighted by Gasteiger charge is -2.06. The number of ether oxygens (including phenoxy) is 1. The van der Waals surface area contributed by atoms with Crippen molar-refractivity contribution in [2.45, 2.75) is 20.3 Å². The van der Waals surface area contributed by atoms with Gasteiger partial charge in [-0.25, -0.2) is 0 Å². The quantitative estimate of drug-likeness (QED) is 0.844. The molecule has 88 valence electrons. The van der Waals surface area contributed by atoms with Gasteiger partial charge >= 0.3 is 0 Å². The highest BCUT2D eigenvalue weighted by molar-refractivity contribution is 9.10. The molecule has 0 saturated carbocycles. The highest BCUT2D eigenvalue weighted by Crippen LogP contribution is 2.20. The van der Waals surface area contributed by atoms with E-state index in [1.807, 2.05) is 32.0 Å². The summed E-state index contributed by atoms with van der Waals surface area (Å²) < 4.78 is 6.11. The largest absolute Gasteiger partial charge is 0.381 e. The molecule has 0 fully saturated rings. The van der Waals surface area contributed by atoms with Crippen LogP contribution < -0.4 is 5.32 Å². The van der Waals surface area contributed by atoms with Crippen LogP contribution in [0.5, 0.6) is 0 Å². The maximum atomic E-state index is 11.5. The number of hydrogen-bond donors (Lipinski definition) is 1. The predicted molar refractivity (Wildman–Crippen MR) is 68.6 cm³/mol. The van der Waals surface area contributed by atoms with Crippen LogP contribution in [-0.4, -0.2) is 19.1 Å². The first-order valence-electron chi connectivity index (χ1n) is 5.27. The Morgan fingerprint density at radius 2 is 2.25 bits per heavy atom. The van der Waals surface area contributed by atoms with Crippen LogP contribution in [0.2, 0.25) is 0 Å². The van der Waals surface area contributed by atoms with Crippen LogP contribution in [0.25, 0.3) is 0 Å². The van der Waals surface area contributed by atoms with Gasteiger partial charge in [0.05, 0.1) is 13.0 Å². The molecule has 1 amide bonds. The number of aryl methyl sites for hydroxylation is 1. The molecule has 0 aliphatic rings. The minimum Gasteiger partial charge on any atom is -0.381 e. The minimum absolute atomic E-state index is 0.0239. The molecule has 0 bridgehead atoms. The zero-order valence-corrected chi connectivity index (χ0v) is 11.1. The van der Waals surface area contributed by atoms with Crippen molar-refractivity contribution in [3.8, 4) is 0 Å². The van der Waals surface area contributed by atoms with E-state index < -0.39 is 0 Å². The van der Waals surface area contributed by atoms with Gasteiger partial charge in [-0.15, -0.1) is 0 Å². The van der Waals surface area contributed by atoms with Crippen LogP contribution in [0.15, 0.2) is 22.7 Å². The average molecular weight is 286 g/mol. The SMILES string of the molecule is CCOCCC(=O)Nc1ccc(C)c(Br)c1. The highest BCUT2D eigenvalue weighted by Gasteiger charge is 2.03. The van der Waals surface area contributed by atoms with Crippen molar-refractivity contribution in [2.75, 3.05) is 18.5 Å². The van der Waals surface area contributed by atoms with Crippen LogP contribution in [0, 0.1) is 6.92 Å². The Bertz CT molecular complexity index is 366. The van der Waals surface area contributed by atoms with E-state index in [1.54, 1.807) is 0 Å². The Morgan fingerprint density at radius 1 is 1.50 bits per heavy atom. The molecule has 1 rings (SSSR count). The first-order chi connectivity index (χ1) is 7.63. The van der Waals surface area contributed by atoms with E-state index in [-0.39, 0.29) is 5.91 Å². The van der Waals surface area contributed by atoms with Gasteiger partial charge in [-0.2, -0.15) is 0 Å². The number of hydrogen-bond acceptors (Lipinski definition) is 2. The van der Waals surface area contributed by atoms with E-state index in [4.69, 9.17) is 4.74 Å². The van der Waals surface area contributed by atoms with Crippen LogP contribution in [0.3, 0.4) is 0 Å². The van der Waals surface area contributed by atoms with Crippen molar-refractivity contribution in [3.05, 3.63) is 28.2 Å². The summed E-state index contributed by atoms with van der Waals surface area (Å²) in [6, 6.07) is 5.74. The summed E-state index contributed by atoms with van der Waals surface area (Å²) in [5.41, 5.74) is 1.95. The Hall–Kier alpha value is -0.870. The monoisotopic (exact) mass is 285 g/mol. The number of benzene rings is 1. The fourth-order valence-corrected chi connectivity index (χ4v) is 1.58. The molecule has 0 saturated heterocycles. The van der Waals surface area contributed by atoms with Crippen molar-refractivity contribution in [1.82, 2.24) is 0 Å². The lowest BCUT2D eigenvalue weighted by molar-refractivity contribution is -0.117. The molecule has 0 aromatic heterocycles. The van der Waals surface area contributed by atoms with Gasteiger partial charge < -0.3 is 10.1 Å². The summed E-state index contributed by atoms with van der Waals surface area (Å²) in [7, 11) is 0. The number of amides is 1. The predicted octanol–water partition coefficient (Wildman–Crippen LogP) is 3.12. The third kappa shape index (κ3) is 4.33. The van der Waals surface area contributed by atoms with E-state index in [9.17, 15) is 4.79 Å². The van der Waals surface area contributed by atoms with Gasteiger partial charge in [0.15, 0.2) is 0 Å². The highest BCUT2D eigenvalue weighted by atomic mass is 79.9. The Labute approximate surface area is 104 Å². The first-order valence-corrected chi connectivity index (χ1v) is 6.06. The van der Waals surface area contributed by atoms with Gasteiger partial charge in [-0.1, -0.05) is 22.0 Å². The topological polar surface area (TPSA) is 38.3 Å². The number of carbonyl (C=O) groups is 1. The first kappa shape index (κ1) is 13.2. The van der Waals surface area contributed by atoms with E-state index in [0.29, 0.717) is 19.6 Å². The zero-order chi connectivity index (χ0) is 12.0. The van der Waals surface area contributed by atoms with Crippen LogP contribution >= 0.6 is 15.9 Å². The second-order valence-corrected chi connectivity index (χ2v) is 4.31. The maximum absolute atomic E-state index is 11.5. The smallest absolute Gasteiger partial charge is 0.226 e. The van der Waals surface area contributed by atoms with E-state index in [1.165, 1.54) is 0 Å². The second-order valence-electron chi connectivity index (χ2n) is 3.46. The lowest BCUT2D eigenvalue weighted by Crippen LogP contribution is -2.14. The molecule has 3 nitrogen and oxygen atoms in total. The Kier molecular flexibility index (Phi) is 5.49. The van der Waals surface area contributed by atoms with Crippen molar-refractivity contribution < 1.29 is 9.53 Å². The average Bonchev–Trinajstić information content (AvgIpc) is 2.24. The van der Waals surface area contributed by atoms with Crippen LogP contribution in [0.1, 0.15) is 18.9 Å². The van der Waals surface area contributed by atoms with Gasteiger partial charge in [-0.3, -0.25) is 4.79 Å². The summed E-state index contributed by atoms with van der Waals surface area (Å²) in [5.74, 6) is -0.0239. The molecule has 16 heavy (non-hydrogen) atoms. The summed E-state index contributed by atoms with van der Waals surface area (Å²) in [5, 5.41) is 2.82. The van der Waals surface area contributed by atoms with Crippen molar-refractivity contribution in [1.29, 1.82) is 0 Å². The Morgan fingerprint density at radius 3 is 2.88 bits per heavy atom. The molecule has 0 heterocycles. The number of halogens is 1. The third-order valence-corrected chi connectivity index (χ3v) is 2.99. The van der Waals surface area contributed by atoms with Crippen molar-refractivity contribution >= 4 is 27.5 Å². The van der Waals surface area contributed by atoms with Gasteiger partial charge in [0.1, 0.15) is 0 Å². The van der Waals surface area contributed by atoms with Gasteiger partial charge in [-0.05, 0) is 31.5 Å². The summed E-state index contributed by atoms with van der Waals surface area (Å²) in [6.45, 7) is 5.03. The number of rotatable bonds is 5. The molecule has 0 atom stereocenters. The molecule has 1 N–H and O–H groups in total. The van der Waals surface area contributed by atoms with Crippen molar-refractivity contribution in [2.24, 2.45) is 0 Å². The number of nitrogens with one attached hydrogen (secondary N) is 1. The van der Waals surface area contributed by atoms with Gasteiger partial charge in [0, 0.05) is 16.8 Å². The summed E-state index contributed by atoms with van der Waals surface area (Å²) in [6.07, 6.45) is 0.388. The van der Waals surface area contributed by atoms with Gasteiger partial charge in [0.2, 0.25) is 5.91 Å². The molecular formula is C12H16BrNO2. The molecule has 0 radical (unpaired) electrons. The fourth-order valence-electron chi connectivity index (χ4n) is 1.20. The van der Waals surface area contributed by atoms with E-state index in [2.05, 4.69) is 21.2 Å². The van der Waals surface area contributed by atoms with E-state index >= 15 is 0 Å². The molecule has 4 heteroatoms. The van der Waals surface area contributed by atoms with E-state index in [0.717, 1.165) is 15.7 Å². The van der Waals surface area contributed by atoms with Crippen LogP contribution in [-0.2, 0) is 9.53 Å². The summed E-state index contributed by atoms with van der Waals surface area (Å²) in [4.78, 5) is 11.5. The number of anilines is 1. The Balaban J connectivity index is 2.46. The molecular weight excluding hydrogens is 270 g/mol. The normalized spacial score (nSPS) is 10.2. The molecule has 1 aromatic carbocycles. The second kappa shape index (κ2) is 6.66. The third-order valence-electron chi connectivity index (χ3n) is 2.13. The minimum atomic E-state index is -0.0239. The lowest BCUT2D eigenvalue weighted by atomic mass is 10.2. The molecule has 0 aliphatic carbocycles. The standard InChI is InChI=1S/C12H16BrNO2/c1-3-16-7-6-12(15)14-10-5-4-9(2)11(13)8-10/h4-5,8H,3,6-7H2,1-2H3,(H,14,15). The van der Waals surface area contributed by atoms with Crippen LogP contribution in [0.4, 0.5) is 5.69 Å². The fraction of sp³-hybridized carbons (Fsp3) is 0.417. The molecule has 1 aromatic rings. The molecule has 0 aliphatic heterocycles. The zero-order valence-electron chi connectivity index (χ0n) is 9.55. The van der Waals surface area contributed by atoms with Gasteiger partial charge in [0.25, 0.3) is 0 Å². The van der Waals surface area contributed by atoms with Crippen molar-refractivity contribution in [3.63, 3.8) is 0 Å².